The van der Waals surface area contributed by atoms with Gasteiger partial charge in [0.1, 0.15) is 0 Å². The molecular formula is C17H23N7O2S. The van der Waals surface area contributed by atoms with Gasteiger partial charge in [0, 0.05) is 52.2 Å². The van der Waals surface area contributed by atoms with Crippen molar-refractivity contribution >= 4 is 21.9 Å². The van der Waals surface area contributed by atoms with Gasteiger partial charge in [-0.1, -0.05) is 12.1 Å². The van der Waals surface area contributed by atoms with Gasteiger partial charge in [0.15, 0.2) is 5.96 Å². The summed E-state index contributed by atoms with van der Waals surface area (Å²) in [4.78, 5) is 17.3. The second kappa shape index (κ2) is 8.31. The maximum absolute atomic E-state index is 11.5. The highest BCUT2D eigenvalue weighted by Crippen LogP contribution is 2.11. The molecule has 1 saturated heterocycles. The molecule has 27 heavy (non-hydrogen) atoms. The average Bonchev–Trinajstić information content (AvgIpc) is 2.69. The SMILES string of the molecule is CN=C(NCc1cccc(S(N)(=O)=O)c1)N1CCN(c2ncccn2)CC1. The minimum atomic E-state index is -3.71. The predicted octanol–water partition coefficient (Wildman–Crippen LogP) is 0.0216. The standard InChI is InChI=1S/C17H23N7O2S/c1-19-16(22-13-14-4-2-5-15(12-14)27(18,25)26)23-8-10-24(11-9-23)17-20-6-3-7-21-17/h2-7,12H,8-11,13H2,1H3,(H,19,22)(H2,18,25,26). The molecule has 2 heterocycles. The molecule has 0 saturated carbocycles. The van der Waals surface area contributed by atoms with E-state index in [1.807, 2.05) is 6.07 Å². The van der Waals surface area contributed by atoms with Gasteiger partial charge in [-0.3, -0.25) is 4.99 Å². The zero-order valence-electron chi connectivity index (χ0n) is 15.1. The van der Waals surface area contributed by atoms with Gasteiger partial charge >= 0.3 is 0 Å². The van der Waals surface area contributed by atoms with Crippen molar-refractivity contribution in [3.63, 3.8) is 0 Å². The number of primary sulfonamides is 1. The third-order valence-electron chi connectivity index (χ3n) is 4.30. The third-order valence-corrected chi connectivity index (χ3v) is 5.21. The van der Waals surface area contributed by atoms with Gasteiger partial charge in [0.05, 0.1) is 4.90 Å². The molecule has 0 radical (unpaired) electrons. The Morgan fingerprint density at radius 3 is 2.52 bits per heavy atom. The molecule has 1 aliphatic heterocycles. The van der Waals surface area contributed by atoms with Crippen molar-refractivity contribution in [2.45, 2.75) is 11.4 Å². The molecule has 0 bridgehead atoms. The van der Waals surface area contributed by atoms with Crippen LogP contribution in [-0.2, 0) is 16.6 Å². The Morgan fingerprint density at radius 2 is 1.89 bits per heavy atom. The minimum Gasteiger partial charge on any atom is -0.352 e. The van der Waals surface area contributed by atoms with E-state index in [0.29, 0.717) is 6.54 Å². The lowest BCUT2D eigenvalue weighted by atomic mass is 10.2. The first-order valence-corrected chi connectivity index (χ1v) is 10.1. The first kappa shape index (κ1) is 19.1. The Morgan fingerprint density at radius 1 is 1.19 bits per heavy atom. The van der Waals surface area contributed by atoms with Gasteiger partial charge < -0.3 is 15.1 Å². The fourth-order valence-corrected chi connectivity index (χ4v) is 3.50. The molecular weight excluding hydrogens is 366 g/mol. The third kappa shape index (κ3) is 4.92. The second-order valence-electron chi connectivity index (χ2n) is 6.12. The van der Waals surface area contributed by atoms with E-state index in [4.69, 9.17) is 5.14 Å². The Bertz CT molecular complexity index is 895. The lowest BCUT2D eigenvalue weighted by Gasteiger charge is -2.36. The number of guanidine groups is 1. The summed E-state index contributed by atoms with van der Waals surface area (Å²) in [6, 6.07) is 8.38. The first-order valence-electron chi connectivity index (χ1n) is 8.56. The number of anilines is 1. The molecule has 3 N–H and O–H groups in total. The summed E-state index contributed by atoms with van der Waals surface area (Å²) in [6.45, 7) is 3.62. The number of piperazine rings is 1. The van der Waals surface area contributed by atoms with Crippen LogP contribution in [0.1, 0.15) is 5.56 Å². The summed E-state index contributed by atoms with van der Waals surface area (Å²) in [6.07, 6.45) is 3.48. The zero-order valence-corrected chi connectivity index (χ0v) is 15.9. The van der Waals surface area contributed by atoms with Crippen LogP contribution < -0.4 is 15.4 Å². The number of nitrogens with one attached hydrogen (secondary N) is 1. The smallest absolute Gasteiger partial charge is 0.238 e. The van der Waals surface area contributed by atoms with E-state index >= 15 is 0 Å². The Labute approximate surface area is 159 Å². The minimum absolute atomic E-state index is 0.105. The molecule has 9 nitrogen and oxygen atoms in total. The van der Waals surface area contributed by atoms with Crippen molar-refractivity contribution in [3.8, 4) is 0 Å². The number of hydrogen-bond acceptors (Lipinski definition) is 6. The van der Waals surface area contributed by atoms with Gasteiger partial charge in [-0.05, 0) is 23.8 Å². The van der Waals surface area contributed by atoms with Crippen LogP contribution in [0.25, 0.3) is 0 Å². The Kier molecular flexibility index (Phi) is 5.87. The molecule has 0 spiro atoms. The van der Waals surface area contributed by atoms with Crippen LogP contribution in [0.3, 0.4) is 0 Å². The monoisotopic (exact) mass is 389 g/mol. The van der Waals surface area contributed by atoms with Crippen LogP contribution in [0, 0.1) is 0 Å². The highest BCUT2D eigenvalue weighted by molar-refractivity contribution is 7.89. The maximum atomic E-state index is 11.5. The number of aliphatic imine (C=N–C) groups is 1. The van der Waals surface area contributed by atoms with E-state index in [2.05, 4.69) is 30.1 Å². The molecule has 3 rings (SSSR count). The number of hydrogen-bond donors (Lipinski definition) is 2. The van der Waals surface area contributed by atoms with E-state index in [9.17, 15) is 8.42 Å². The van der Waals surface area contributed by atoms with E-state index in [-0.39, 0.29) is 4.90 Å². The number of sulfonamides is 1. The van der Waals surface area contributed by atoms with Crippen LogP contribution in [0.4, 0.5) is 5.95 Å². The van der Waals surface area contributed by atoms with E-state index < -0.39 is 10.0 Å². The number of nitrogens with two attached hydrogens (primary N) is 1. The summed E-state index contributed by atoms with van der Waals surface area (Å²) >= 11 is 0. The van der Waals surface area contributed by atoms with E-state index in [1.54, 1.807) is 37.6 Å². The normalized spacial score (nSPS) is 15.7. The highest BCUT2D eigenvalue weighted by atomic mass is 32.2. The zero-order chi connectivity index (χ0) is 19.3. The summed E-state index contributed by atoms with van der Waals surface area (Å²) < 4.78 is 23.0. The van der Waals surface area contributed by atoms with Crippen molar-refractivity contribution in [1.29, 1.82) is 0 Å². The molecule has 1 aromatic heterocycles. The lowest BCUT2D eigenvalue weighted by molar-refractivity contribution is 0.370. The van der Waals surface area contributed by atoms with Crippen LogP contribution >= 0.6 is 0 Å². The molecule has 144 valence electrons. The van der Waals surface area contributed by atoms with Crippen molar-refractivity contribution < 1.29 is 8.42 Å². The molecule has 1 aliphatic rings. The van der Waals surface area contributed by atoms with Crippen molar-refractivity contribution in [2.24, 2.45) is 10.1 Å². The maximum Gasteiger partial charge on any atom is 0.238 e. The Hall–Kier alpha value is -2.72. The molecule has 10 heteroatoms. The summed E-state index contributed by atoms with van der Waals surface area (Å²) in [7, 11) is -1.98. The van der Waals surface area contributed by atoms with E-state index in [1.165, 1.54) is 6.07 Å². The number of benzene rings is 1. The van der Waals surface area contributed by atoms with Gasteiger partial charge in [-0.15, -0.1) is 0 Å². The molecule has 0 aliphatic carbocycles. The van der Waals surface area contributed by atoms with Gasteiger partial charge in [-0.25, -0.2) is 23.5 Å². The van der Waals surface area contributed by atoms with Crippen LogP contribution in [0.15, 0.2) is 52.6 Å². The fraction of sp³-hybridized carbons (Fsp3) is 0.353. The summed E-state index contributed by atoms with van der Waals surface area (Å²) in [5, 5.41) is 8.47. The van der Waals surface area contributed by atoms with Crippen LogP contribution in [-0.4, -0.2) is 62.5 Å². The first-order chi connectivity index (χ1) is 13.0. The van der Waals surface area contributed by atoms with Gasteiger partial charge in [0.25, 0.3) is 0 Å². The Balaban J connectivity index is 1.58. The topological polar surface area (TPSA) is 117 Å². The fourth-order valence-electron chi connectivity index (χ4n) is 2.92. The second-order valence-corrected chi connectivity index (χ2v) is 7.68. The van der Waals surface area contributed by atoms with Crippen molar-refractivity contribution in [3.05, 3.63) is 48.3 Å². The summed E-state index contributed by atoms with van der Waals surface area (Å²) in [5.74, 6) is 1.50. The molecule has 0 atom stereocenters. The number of aromatic nitrogens is 2. The largest absolute Gasteiger partial charge is 0.352 e. The quantitative estimate of drug-likeness (QED) is 0.559. The number of rotatable bonds is 4. The lowest BCUT2D eigenvalue weighted by Crippen LogP contribution is -2.52. The van der Waals surface area contributed by atoms with E-state index in [0.717, 1.165) is 43.7 Å². The summed E-state index contributed by atoms with van der Waals surface area (Å²) in [5.41, 5.74) is 0.819. The van der Waals surface area contributed by atoms with Gasteiger partial charge in [0.2, 0.25) is 16.0 Å². The molecule has 0 amide bonds. The predicted molar refractivity (Wildman–Crippen MR) is 104 cm³/mol. The molecule has 2 aromatic rings. The van der Waals surface area contributed by atoms with Crippen LogP contribution in [0.2, 0.25) is 0 Å². The van der Waals surface area contributed by atoms with Gasteiger partial charge in [-0.2, -0.15) is 0 Å². The number of nitrogens with zero attached hydrogens (tertiary/aromatic N) is 5. The molecule has 0 unspecified atom stereocenters. The van der Waals surface area contributed by atoms with Crippen LogP contribution in [0.5, 0.6) is 0 Å². The van der Waals surface area contributed by atoms with Crippen molar-refractivity contribution in [1.82, 2.24) is 20.2 Å². The highest BCUT2D eigenvalue weighted by Gasteiger charge is 2.21. The van der Waals surface area contributed by atoms with Crippen molar-refractivity contribution in [2.75, 3.05) is 38.1 Å². The molecule has 1 aromatic carbocycles. The average molecular weight is 389 g/mol. The molecule has 1 fully saturated rings.